The van der Waals surface area contributed by atoms with Gasteiger partial charge in [0.05, 0.1) is 5.69 Å². The summed E-state index contributed by atoms with van der Waals surface area (Å²) in [5.74, 6) is 0.885. The molecule has 12 rings (SSSR count). The lowest BCUT2D eigenvalue weighted by Crippen LogP contribution is -2.10. The minimum Gasteiger partial charge on any atom is -0.455 e. The van der Waals surface area contributed by atoms with Crippen molar-refractivity contribution in [3.8, 4) is 67.0 Å². The number of hydrogen-bond acceptors (Lipinski definition) is 2. The van der Waals surface area contributed by atoms with E-state index < -0.39 is 0 Å². The highest BCUT2D eigenvalue weighted by Crippen LogP contribution is 2.44. The van der Waals surface area contributed by atoms with Gasteiger partial charge in [0.2, 0.25) is 0 Å². The topological polar surface area (TPSA) is 16.4 Å². The van der Waals surface area contributed by atoms with Crippen molar-refractivity contribution in [3.63, 3.8) is 0 Å². The van der Waals surface area contributed by atoms with Crippen LogP contribution in [0.2, 0.25) is 0 Å². The lowest BCUT2D eigenvalue weighted by Gasteiger charge is -2.28. The minimum atomic E-state index is 0.885. The van der Waals surface area contributed by atoms with Crippen LogP contribution in [0.3, 0.4) is 0 Å². The van der Waals surface area contributed by atoms with E-state index in [1.54, 1.807) is 0 Å². The van der Waals surface area contributed by atoms with E-state index in [4.69, 9.17) is 4.42 Å². The summed E-state index contributed by atoms with van der Waals surface area (Å²) in [6.45, 7) is 0. The molecule has 1 aromatic heterocycles. The second-order valence-corrected chi connectivity index (χ2v) is 16.9. The highest BCUT2D eigenvalue weighted by molar-refractivity contribution is 6.14. The first-order valence-corrected chi connectivity index (χ1v) is 22.6. The molecule has 0 amide bonds. The quantitative estimate of drug-likeness (QED) is 0.135. The number of hydrogen-bond donors (Lipinski definition) is 0. The maximum absolute atomic E-state index is 6.57. The molecule has 2 nitrogen and oxygen atoms in total. The average molecular weight is 842 g/mol. The molecule has 0 saturated carbocycles. The molecule has 0 saturated heterocycles. The summed E-state index contributed by atoms with van der Waals surface area (Å²) in [7, 11) is 0. The Balaban J connectivity index is 0.886. The molecular weight excluding hydrogens is 799 g/mol. The van der Waals surface area contributed by atoms with Gasteiger partial charge in [-0.1, -0.05) is 212 Å². The second-order valence-electron chi connectivity index (χ2n) is 16.9. The van der Waals surface area contributed by atoms with Crippen LogP contribution in [0.4, 0.5) is 17.1 Å². The smallest absolute Gasteiger partial charge is 0.143 e. The Morgan fingerprint density at radius 2 is 0.667 bits per heavy atom. The number of benzene rings is 11. The van der Waals surface area contributed by atoms with Gasteiger partial charge in [0.1, 0.15) is 11.3 Å². The van der Waals surface area contributed by atoms with E-state index in [9.17, 15) is 0 Å². The molecule has 0 aliphatic heterocycles. The van der Waals surface area contributed by atoms with Gasteiger partial charge >= 0.3 is 0 Å². The number of furan rings is 1. The van der Waals surface area contributed by atoms with E-state index >= 15 is 0 Å². The van der Waals surface area contributed by atoms with Crippen LogP contribution in [0, 0.1) is 0 Å². The number of rotatable bonds is 9. The molecule has 0 radical (unpaired) electrons. The van der Waals surface area contributed by atoms with Crippen molar-refractivity contribution in [3.05, 3.63) is 261 Å². The van der Waals surface area contributed by atoms with Crippen molar-refractivity contribution < 1.29 is 4.42 Å². The first-order chi connectivity index (χ1) is 32.7. The summed E-state index contributed by atoms with van der Waals surface area (Å²) < 4.78 is 6.57. The van der Waals surface area contributed by atoms with Crippen molar-refractivity contribution in [1.29, 1.82) is 0 Å². The predicted molar refractivity (Wildman–Crippen MR) is 279 cm³/mol. The SMILES string of the molecule is c1ccc(-c2cccc(-c3ccc(N(c4ccc(-c5ccc(-c6cccc(-c7oc8ccccc8c7-c7ccccc7)c6)cc5)cc4)c4cc5ccccc5c5ccccc45)cc3)c2)cc1. The van der Waals surface area contributed by atoms with Crippen LogP contribution >= 0.6 is 0 Å². The van der Waals surface area contributed by atoms with Crippen LogP contribution in [-0.2, 0) is 0 Å². The van der Waals surface area contributed by atoms with Crippen LogP contribution in [0.1, 0.15) is 0 Å². The fourth-order valence-electron chi connectivity index (χ4n) is 9.60. The average Bonchev–Trinajstić information content (AvgIpc) is 3.80. The zero-order valence-corrected chi connectivity index (χ0v) is 36.2. The molecule has 66 heavy (non-hydrogen) atoms. The molecule has 0 bridgehead atoms. The second kappa shape index (κ2) is 16.8. The van der Waals surface area contributed by atoms with Gasteiger partial charge in [-0.2, -0.15) is 0 Å². The molecule has 310 valence electrons. The summed E-state index contributed by atoms with van der Waals surface area (Å²) in [5, 5.41) is 6.02. The molecule has 2 heteroatoms. The zero-order chi connectivity index (χ0) is 43.8. The van der Waals surface area contributed by atoms with Crippen LogP contribution in [0.15, 0.2) is 265 Å². The van der Waals surface area contributed by atoms with Crippen LogP contribution in [0.5, 0.6) is 0 Å². The minimum absolute atomic E-state index is 0.885. The third-order valence-electron chi connectivity index (χ3n) is 12.9. The van der Waals surface area contributed by atoms with E-state index in [1.165, 1.54) is 43.8 Å². The first-order valence-electron chi connectivity index (χ1n) is 22.6. The fourth-order valence-corrected chi connectivity index (χ4v) is 9.60. The molecule has 0 spiro atoms. The maximum atomic E-state index is 6.57. The molecular formula is C64H43NO. The third-order valence-corrected chi connectivity index (χ3v) is 12.9. The standard InChI is InChI=1S/C64H43NO/c1-3-15-44(16-4-1)50-20-13-21-51(41-50)48-35-39-56(40-36-48)65(61-43-53-19-7-8-24-57(53)58-25-9-10-26-59(58)61)55-37-33-46(34-38-55)45-29-31-47(32-30-45)52-22-14-23-54(42-52)64-63(49-17-5-2-6-18-49)60-27-11-12-28-62(60)66-64/h1-43H. The number of para-hydroxylation sites is 1. The Morgan fingerprint density at radius 3 is 1.27 bits per heavy atom. The van der Waals surface area contributed by atoms with E-state index in [-0.39, 0.29) is 0 Å². The van der Waals surface area contributed by atoms with Gasteiger partial charge in [-0.3, -0.25) is 0 Å². The van der Waals surface area contributed by atoms with E-state index in [0.29, 0.717) is 0 Å². The number of fused-ring (bicyclic) bond motifs is 4. The number of anilines is 3. The molecule has 0 aliphatic carbocycles. The van der Waals surface area contributed by atoms with Crippen molar-refractivity contribution in [2.75, 3.05) is 4.90 Å². The van der Waals surface area contributed by atoms with E-state index in [0.717, 1.165) is 72.7 Å². The Bertz CT molecular complexity index is 3660. The molecule has 11 aromatic carbocycles. The van der Waals surface area contributed by atoms with E-state index in [1.807, 2.05) is 12.1 Å². The zero-order valence-electron chi connectivity index (χ0n) is 36.2. The summed E-state index contributed by atoms with van der Waals surface area (Å²) in [5.41, 5.74) is 16.9. The van der Waals surface area contributed by atoms with Crippen molar-refractivity contribution in [2.24, 2.45) is 0 Å². The van der Waals surface area contributed by atoms with Crippen molar-refractivity contribution in [1.82, 2.24) is 0 Å². The third kappa shape index (κ3) is 7.21. The van der Waals surface area contributed by atoms with Crippen LogP contribution in [-0.4, -0.2) is 0 Å². The molecule has 0 fully saturated rings. The van der Waals surface area contributed by atoms with E-state index in [2.05, 4.69) is 254 Å². The lowest BCUT2D eigenvalue weighted by atomic mass is 9.95. The van der Waals surface area contributed by atoms with Gasteiger partial charge < -0.3 is 9.32 Å². The molecule has 0 atom stereocenters. The maximum Gasteiger partial charge on any atom is 0.143 e. The Morgan fingerprint density at radius 1 is 0.258 bits per heavy atom. The first kappa shape index (κ1) is 38.9. The summed E-state index contributed by atoms with van der Waals surface area (Å²) in [6.07, 6.45) is 0. The molecule has 12 aromatic rings. The van der Waals surface area contributed by atoms with Gasteiger partial charge in [0, 0.05) is 33.3 Å². The van der Waals surface area contributed by atoms with Gasteiger partial charge in [0.15, 0.2) is 0 Å². The summed E-state index contributed by atoms with van der Waals surface area (Å²) in [6, 6.07) is 93.7. The van der Waals surface area contributed by atoms with Gasteiger partial charge in [-0.05, 0) is 115 Å². The summed E-state index contributed by atoms with van der Waals surface area (Å²) >= 11 is 0. The molecule has 0 unspecified atom stereocenters. The fraction of sp³-hybridized carbons (Fsp3) is 0. The van der Waals surface area contributed by atoms with Gasteiger partial charge in [-0.15, -0.1) is 0 Å². The Labute approximate surface area is 384 Å². The van der Waals surface area contributed by atoms with Crippen molar-refractivity contribution in [2.45, 2.75) is 0 Å². The molecule has 0 aliphatic rings. The van der Waals surface area contributed by atoms with Crippen LogP contribution < -0.4 is 4.90 Å². The monoisotopic (exact) mass is 841 g/mol. The van der Waals surface area contributed by atoms with Crippen LogP contribution in [0.25, 0.3) is 99.5 Å². The Kier molecular flexibility index (Phi) is 9.89. The molecule has 0 N–H and O–H groups in total. The predicted octanol–water partition coefficient (Wildman–Crippen LogP) is 18.2. The van der Waals surface area contributed by atoms with Gasteiger partial charge in [-0.25, -0.2) is 0 Å². The highest BCUT2D eigenvalue weighted by atomic mass is 16.3. The summed E-state index contributed by atoms with van der Waals surface area (Å²) in [4.78, 5) is 2.41. The normalized spacial score (nSPS) is 11.3. The lowest BCUT2D eigenvalue weighted by molar-refractivity contribution is 0.632. The largest absolute Gasteiger partial charge is 0.455 e. The molecule has 1 heterocycles. The number of nitrogens with zero attached hydrogens (tertiary/aromatic N) is 1. The van der Waals surface area contributed by atoms with Gasteiger partial charge in [0.25, 0.3) is 0 Å². The highest BCUT2D eigenvalue weighted by Gasteiger charge is 2.20. The Hall–Kier alpha value is -8.72. The van der Waals surface area contributed by atoms with Crippen molar-refractivity contribution >= 4 is 49.6 Å².